The summed E-state index contributed by atoms with van der Waals surface area (Å²) in [5.41, 5.74) is 2.90. The molecule has 7 nitrogen and oxygen atoms in total. The van der Waals surface area contributed by atoms with E-state index in [0.717, 1.165) is 35.9 Å². The van der Waals surface area contributed by atoms with Crippen molar-refractivity contribution in [3.8, 4) is 0 Å². The summed E-state index contributed by atoms with van der Waals surface area (Å²) < 4.78 is 5.89. The van der Waals surface area contributed by atoms with Gasteiger partial charge in [-0.15, -0.1) is 0 Å². The van der Waals surface area contributed by atoms with Gasteiger partial charge >= 0.3 is 6.03 Å². The highest BCUT2D eigenvalue weighted by molar-refractivity contribution is 5.74. The SMILES string of the molecule is Cc1nc(N(C)C)nc2c1COCC21CCN(C(=O)NCC(C)C)C1. The summed E-state index contributed by atoms with van der Waals surface area (Å²) in [5, 5.41) is 3.02. The largest absolute Gasteiger partial charge is 0.376 e. The van der Waals surface area contributed by atoms with Crippen LogP contribution in [0.2, 0.25) is 0 Å². The molecule has 0 bridgehead atoms. The molecule has 1 saturated heterocycles. The molecule has 138 valence electrons. The molecular formula is C18H29N5O2. The topological polar surface area (TPSA) is 70.6 Å². The molecule has 0 aromatic carbocycles. The number of ether oxygens (including phenoxy) is 1. The number of fused-ring (bicyclic) bond motifs is 2. The predicted molar refractivity (Wildman–Crippen MR) is 96.9 cm³/mol. The first-order valence-corrected chi connectivity index (χ1v) is 8.98. The average molecular weight is 347 g/mol. The van der Waals surface area contributed by atoms with Crippen molar-refractivity contribution in [2.75, 3.05) is 45.2 Å². The molecule has 1 aromatic rings. The number of aryl methyl sites for hydroxylation is 1. The van der Waals surface area contributed by atoms with Gasteiger partial charge < -0.3 is 19.9 Å². The van der Waals surface area contributed by atoms with Crippen molar-refractivity contribution in [3.63, 3.8) is 0 Å². The van der Waals surface area contributed by atoms with Crippen LogP contribution in [0.15, 0.2) is 0 Å². The molecule has 2 amide bonds. The lowest BCUT2D eigenvalue weighted by Crippen LogP contribution is -2.45. The predicted octanol–water partition coefficient (Wildman–Crippen LogP) is 1.69. The van der Waals surface area contributed by atoms with Crippen LogP contribution in [0.1, 0.15) is 37.2 Å². The summed E-state index contributed by atoms with van der Waals surface area (Å²) in [6.45, 7) is 9.44. The summed E-state index contributed by atoms with van der Waals surface area (Å²) in [7, 11) is 3.90. The van der Waals surface area contributed by atoms with Crippen molar-refractivity contribution in [1.82, 2.24) is 20.2 Å². The number of nitrogens with zero attached hydrogens (tertiary/aromatic N) is 4. The van der Waals surface area contributed by atoms with Crippen molar-refractivity contribution in [1.29, 1.82) is 0 Å². The second-order valence-corrected chi connectivity index (χ2v) is 7.86. The fourth-order valence-electron chi connectivity index (χ4n) is 3.57. The Bertz CT molecular complexity index is 661. The average Bonchev–Trinajstić information content (AvgIpc) is 2.98. The smallest absolute Gasteiger partial charge is 0.317 e. The van der Waals surface area contributed by atoms with Crippen LogP contribution in [0.3, 0.4) is 0 Å². The molecule has 3 heterocycles. The molecule has 1 unspecified atom stereocenters. The number of hydrogen-bond donors (Lipinski definition) is 1. The van der Waals surface area contributed by atoms with Gasteiger partial charge in [-0.25, -0.2) is 14.8 Å². The van der Waals surface area contributed by atoms with Crippen molar-refractivity contribution < 1.29 is 9.53 Å². The minimum absolute atomic E-state index is 0.0105. The molecular weight excluding hydrogens is 318 g/mol. The van der Waals surface area contributed by atoms with Gasteiger partial charge in [-0.05, 0) is 19.3 Å². The fraction of sp³-hybridized carbons (Fsp3) is 0.722. The van der Waals surface area contributed by atoms with E-state index in [9.17, 15) is 4.79 Å². The van der Waals surface area contributed by atoms with Gasteiger partial charge in [0, 0.05) is 45.0 Å². The number of anilines is 1. The number of amides is 2. The first-order valence-electron chi connectivity index (χ1n) is 8.98. The molecule has 0 saturated carbocycles. The van der Waals surface area contributed by atoms with Crippen molar-refractivity contribution in [2.45, 2.75) is 39.2 Å². The molecule has 1 spiro atoms. The van der Waals surface area contributed by atoms with E-state index in [0.29, 0.717) is 32.2 Å². The monoisotopic (exact) mass is 347 g/mol. The zero-order valence-corrected chi connectivity index (χ0v) is 15.9. The Morgan fingerprint density at radius 3 is 2.84 bits per heavy atom. The maximum Gasteiger partial charge on any atom is 0.317 e. The normalized spacial score (nSPS) is 22.4. The standard InChI is InChI=1S/C18H29N5O2/c1-12(2)8-19-17(24)23-7-6-18(10-23)11-25-9-14-13(3)20-16(22(4)5)21-15(14)18/h12H,6-11H2,1-5H3,(H,19,24). The van der Waals surface area contributed by atoms with Crippen LogP contribution < -0.4 is 10.2 Å². The number of carbonyl (C=O) groups is 1. The zero-order chi connectivity index (χ0) is 18.2. The Morgan fingerprint density at radius 2 is 2.16 bits per heavy atom. The third kappa shape index (κ3) is 3.42. The van der Waals surface area contributed by atoms with E-state index in [4.69, 9.17) is 9.72 Å². The molecule has 1 N–H and O–H groups in total. The van der Waals surface area contributed by atoms with Crippen LogP contribution in [0, 0.1) is 12.8 Å². The highest BCUT2D eigenvalue weighted by atomic mass is 16.5. The Kier molecular flexibility index (Phi) is 4.86. The van der Waals surface area contributed by atoms with Crippen molar-refractivity contribution in [2.24, 2.45) is 5.92 Å². The van der Waals surface area contributed by atoms with Gasteiger partial charge in [-0.2, -0.15) is 0 Å². The zero-order valence-electron chi connectivity index (χ0n) is 15.9. The van der Waals surface area contributed by atoms with Gasteiger partial charge in [0.2, 0.25) is 5.95 Å². The van der Waals surface area contributed by atoms with E-state index in [-0.39, 0.29) is 11.4 Å². The Balaban J connectivity index is 1.86. The highest BCUT2D eigenvalue weighted by Gasteiger charge is 2.46. The van der Waals surface area contributed by atoms with E-state index in [1.54, 1.807) is 0 Å². The molecule has 3 rings (SSSR count). The molecule has 2 aliphatic rings. The number of rotatable bonds is 3. The second-order valence-electron chi connectivity index (χ2n) is 7.86. The maximum absolute atomic E-state index is 12.5. The minimum atomic E-state index is -0.221. The number of urea groups is 1. The van der Waals surface area contributed by atoms with E-state index < -0.39 is 0 Å². The van der Waals surface area contributed by atoms with Gasteiger partial charge in [0.15, 0.2) is 0 Å². The molecule has 0 aliphatic carbocycles. The van der Waals surface area contributed by atoms with Crippen LogP contribution in [-0.4, -0.2) is 61.2 Å². The lowest BCUT2D eigenvalue weighted by atomic mass is 9.80. The summed E-state index contributed by atoms with van der Waals surface area (Å²) in [6, 6.07) is 0.0105. The van der Waals surface area contributed by atoms with Crippen LogP contribution in [-0.2, 0) is 16.8 Å². The van der Waals surface area contributed by atoms with E-state index in [1.165, 1.54) is 0 Å². The molecule has 7 heteroatoms. The third-order valence-electron chi connectivity index (χ3n) is 5.03. The quantitative estimate of drug-likeness (QED) is 0.901. The lowest BCUT2D eigenvalue weighted by molar-refractivity contribution is 0.0514. The molecule has 0 radical (unpaired) electrons. The van der Waals surface area contributed by atoms with Crippen molar-refractivity contribution >= 4 is 12.0 Å². The summed E-state index contributed by atoms with van der Waals surface area (Å²) in [4.78, 5) is 25.7. The first-order chi connectivity index (χ1) is 11.8. The first kappa shape index (κ1) is 17.9. The highest BCUT2D eigenvalue weighted by Crippen LogP contribution is 2.40. The maximum atomic E-state index is 12.5. The molecule has 1 aromatic heterocycles. The van der Waals surface area contributed by atoms with E-state index in [1.807, 2.05) is 30.8 Å². The van der Waals surface area contributed by atoms with Gasteiger partial charge in [0.1, 0.15) is 0 Å². The fourth-order valence-corrected chi connectivity index (χ4v) is 3.57. The minimum Gasteiger partial charge on any atom is -0.376 e. The molecule has 1 fully saturated rings. The number of nitrogens with one attached hydrogen (secondary N) is 1. The summed E-state index contributed by atoms with van der Waals surface area (Å²) in [5.74, 6) is 1.16. The van der Waals surface area contributed by atoms with Crippen LogP contribution in [0.5, 0.6) is 0 Å². The van der Waals surface area contributed by atoms with Crippen molar-refractivity contribution in [3.05, 3.63) is 17.0 Å². The van der Waals surface area contributed by atoms with Crippen LogP contribution >= 0.6 is 0 Å². The second kappa shape index (κ2) is 6.78. The number of hydrogen-bond acceptors (Lipinski definition) is 5. The van der Waals surface area contributed by atoms with Gasteiger partial charge in [-0.1, -0.05) is 13.8 Å². The van der Waals surface area contributed by atoms with Gasteiger partial charge in [-0.3, -0.25) is 0 Å². The summed E-state index contributed by atoms with van der Waals surface area (Å²) >= 11 is 0. The Morgan fingerprint density at radius 1 is 1.40 bits per heavy atom. The number of likely N-dealkylation sites (tertiary alicyclic amines) is 1. The molecule has 1 atom stereocenters. The van der Waals surface area contributed by atoms with Crippen LogP contribution in [0.4, 0.5) is 10.7 Å². The van der Waals surface area contributed by atoms with Gasteiger partial charge in [0.05, 0.1) is 24.3 Å². The van der Waals surface area contributed by atoms with E-state index in [2.05, 4.69) is 24.1 Å². The van der Waals surface area contributed by atoms with Crippen LogP contribution in [0.25, 0.3) is 0 Å². The summed E-state index contributed by atoms with van der Waals surface area (Å²) in [6.07, 6.45) is 0.873. The molecule has 2 aliphatic heterocycles. The molecule has 25 heavy (non-hydrogen) atoms. The van der Waals surface area contributed by atoms with Gasteiger partial charge in [0.25, 0.3) is 0 Å². The Hall–Kier alpha value is -1.89. The number of carbonyl (C=O) groups excluding carboxylic acids is 1. The lowest BCUT2D eigenvalue weighted by Gasteiger charge is -2.35. The number of aromatic nitrogens is 2. The third-order valence-corrected chi connectivity index (χ3v) is 5.03. The Labute approximate surface area is 149 Å². The van der Waals surface area contributed by atoms with E-state index >= 15 is 0 Å².